The predicted molar refractivity (Wildman–Crippen MR) is 81.0 cm³/mol. The number of carbonyl (C=O) groups is 1. The van der Waals surface area contributed by atoms with Gasteiger partial charge in [0.1, 0.15) is 5.75 Å². The van der Waals surface area contributed by atoms with Gasteiger partial charge in [0, 0.05) is 23.7 Å². The Kier molecular flexibility index (Phi) is 4.31. The van der Waals surface area contributed by atoms with Crippen molar-refractivity contribution in [3.05, 3.63) is 40.2 Å². The third-order valence-corrected chi connectivity index (χ3v) is 3.19. The number of aryl methyl sites for hydroxylation is 1. The number of benzene rings is 1. The van der Waals surface area contributed by atoms with Crippen LogP contribution in [0.15, 0.2) is 29.1 Å². The second kappa shape index (κ2) is 5.99. The zero-order valence-corrected chi connectivity index (χ0v) is 12.4. The monoisotopic (exact) mass is 289 g/mol. The molecule has 1 heterocycles. The molecule has 112 valence electrons. The summed E-state index contributed by atoms with van der Waals surface area (Å²) in [6.07, 6.45) is -0.134. The average Bonchev–Trinajstić information content (AvgIpc) is 2.38. The van der Waals surface area contributed by atoms with Crippen molar-refractivity contribution in [1.82, 2.24) is 4.57 Å². The van der Waals surface area contributed by atoms with E-state index in [1.54, 1.807) is 12.1 Å². The Morgan fingerprint density at radius 2 is 2.05 bits per heavy atom. The number of aliphatic carboxylic acids is 1. The molecule has 1 N–H and O–H groups in total. The number of aromatic nitrogens is 1. The van der Waals surface area contributed by atoms with Gasteiger partial charge in [0.05, 0.1) is 18.0 Å². The lowest BCUT2D eigenvalue weighted by molar-refractivity contribution is -0.136. The molecule has 1 aromatic heterocycles. The van der Waals surface area contributed by atoms with E-state index in [0.717, 1.165) is 5.52 Å². The van der Waals surface area contributed by atoms with Crippen LogP contribution < -0.4 is 10.2 Å². The minimum Gasteiger partial charge on any atom is -0.491 e. The number of rotatable bonds is 5. The molecule has 0 radical (unpaired) electrons. The molecule has 0 amide bonds. The van der Waals surface area contributed by atoms with Gasteiger partial charge >= 0.3 is 5.97 Å². The van der Waals surface area contributed by atoms with E-state index in [9.17, 15) is 9.59 Å². The lowest BCUT2D eigenvalue weighted by Crippen LogP contribution is -2.17. The number of ether oxygens (including phenoxy) is 1. The summed E-state index contributed by atoms with van der Waals surface area (Å²) in [5.74, 6) is -0.307. The predicted octanol–water partition coefficient (Wildman–Crippen LogP) is 2.44. The highest BCUT2D eigenvalue weighted by Crippen LogP contribution is 2.21. The fraction of sp³-hybridized carbons (Fsp3) is 0.375. The van der Waals surface area contributed by atoms with Crippen LogP contribution in [0.3, 0.4) is 0 Å². The Labute approximate surface area is 122 Å². The molecule has 2 rings (SSSR count). The first-order valence-corrected chi connectivity index (χ1v) is 6.97. The summed E-state index contributed by atoms with van der Waals surface area (Å²) in [5.41, 5.74) is 1.07. The number of hydrogen-bond donors (Lipinski definition) is 1. The first kappa shape index (κ1) is 15.1. The molecule has 5 heteroatoms. The van der Waals surface area contributed by atoms with E-state index in [1.165, 1.54) is 6.07 Å². The number of hydrogen-bond acceptors (Lipinski definition) is 3. The van der Waals surface area contributed by atoms with E-state index in [0.29, 0.717) is 23.4 Å². The molecule has 2 aromatic rings. The van der Waals surface area contributed by atoms with E-state index in [2.05, 4.69) is 0 Å². The first-order chi connectivity index (χ1) is 9.92. The maximum atomic E-state index is 12.2. The number of carboxylic acids is 1. The van der Waals surface area contributed by atoms with Crippen LogP contribution in [0.25, 0.3) is 10.9 Å². The molecule has 0 saturated carbocycles. The number of fused-ring (bicyclic) bond motifs is 1. The highest BCUT2D eigenvalue weighted by atomic mass is 16.5. The third kappa shape index (κ3) is 3.24. The molecule has 0 atom stereocenters. The fourth-order valence-electron chi connectivity index (χ4n) is 2.43. The van der Waals surface area contributed by atoms with E-state index in [-0.39, 0.29) is 18.0 Å². The number of pyridine rings is 1. The topological polar surface area (TPSA) is 68.5 Å². The van der Waals surface area contributed by atoms with Crippen LogP contribution in [-0.2, 0) is 17.8 Å². The van der Waals surface area contributed by atoms with E-state index in [1.807, 2.05) is 31.4 Å². The smallest absolute Gasteiger partial charge is 0.309 e. The van der Waals surface area contributed by atoms with Gasteiger partial charge in [-0.3, -0.25) is 9.59 Å². The van der Waals surface area contributed by atoms with Crippen LogP contribution in [0.2, 0.25) is 0 Å². The van der Waals surface area contributed by atoms with Gasteiger partial charge in [-0.15, -0.1) is 0 Å². The summed E-state index contributed by atoms with van der Waals surface area (Å²) >= 11 is 0. The van der Waals surface area contributed by atoms with Crippen LogP contribution in [-0.4, -0.2) is 21.7 Å². The van der Waals surface area contributed by atoms with Gasteiger partial charge in [0.25, 0.3) is 0 Å². The zero-order valence-electron chi connectivity index (χ0n) is 12.4. The van der Waals surface area contributed by atoms with Crippen molar-refractivity contribution in [3.8, 4) is 5.75 Å². The summed E-state index contributed by atoms with van der Waals surface area (Å²) in [7, 11) is 0. The van der Waals surface area contributed by atoms with Gasteiger partial charge in [0.15, 0.2) is 5.43 Å². The molecule has 0 spiro atoms. The van der Waals surface area contributed by atoms with Crippen LogP contribution in [0.1, 0.15) is 26.5 Å². The van der Waals surface area contributed by atoms with Crippen molar-refractivity contribution >= 4 is 16.9 Å². The Morgan fingerprint density at radius 1 is 1.33 bits per heavy atom. The molecular formula is C16H19NO4. The standard InChI is InChI=1S/C16H19NO4/c1-4-17-11(8-16(19)20)7-15(18)13-9-12(21-10(2)3)5-6-14(13)17/h5-7,9-10H,4,8H2,1-3H3,(H,19,20). The van der Waals surface area contributed by atoms with Gasteiger partial charge in [-0.2, -0.15) is 0 Å². The SMILES string of the molecule is CCn1c(CC(=O)O)cc(=O)c2cc(OC(C)C)ccc21. The van der Waals surface area contributed by atoms with Gasteiger partial charge < -0.3 is 14.4 Å². The molecule has 5 nitrogen and oxygen atoms in total. The highest BCUT2D eigenvalue weighted by Gasteiger charge is 2.12. The summed E-state index contributed by atoms with van der Waals surface area (Å²) in [6, 6.07) is 6.73. The molecule has 0 bridgehead atoms. The van der Waals surface area contributed by atoms with Gasteiger partial charge in [-0.1, -0.05) is 0 Å². The Morgan fingerprint density at radius 3 is 2.62 bits per heavy atom. The summed E-state index contributed by atoms with van der Waals surface area (Å²) in [4.78, 5) is 23.1. The van der Waals surface area contributed by atoms with Crippen molar-refractivity contribution in [2.75, 3.05) is 0 Å². The zero-order chi connectivity index (χ0) is 15.6. The largest absolute Gasteiger partial charge is 0.491 e. The molecule has 0 unspecified atom stereocenters. The van der Waals surface area contributed by atoms with Crippen molar-refractivity contribution in [1.29, 1.82) is 0 Å². The second-order valence-electron chi connectivity index (χ2n) is 5.16. The minimum absolute atomic E-state index is 0.0298. The van der Waals surface area contributed by atoms with Crippen LogP contribution in [0, 0.1) is 0 Å². The maximum absolute atomic E-state index is 12.2. The molecule has 0 saturated heterocycles. The van der Waals surface area contributed by atoms with Gasteiger partial charge in [-0.25, -0.2) is 0 Å². The Bertz CT molecular complexity index is 731. The van der Waals surface area contributed by atoms with Crippen molar-refractivity contribution < 1.29 is 14.6 Å². The lowest BCUT2D eigenvalue weighted by Gasteiger charge is -2.15. The van der Waals surface area contributed by atoms with Crippen molar-refractivity contribution in [3.63, 3.8) is 0 Å². The Balaban J connectivity index is 2.64. The molecule has 1 aromatic carbocycles. The fourth-order valence-corrected chi connectivity index (χ4v) is 2.43. The summed E-state index contributed by atoms with van der Waals surface area (Å²) < 4.78 is 7.45. The van der Waals surface area contributed by atoms with E-state index in [4.69, 9.17) is 9.84 Å². The maximum Gasteiger partial charge on any atom is 0.309 e. The molecule has 0 aliphatic rings. The first-order valence-electron chi connectivity index (χ1n) is 6.97. The van der Waals surface area contributed by atoms with E-state index >= 15 is 0 Å². The molecule has 0 aliphatic heterocycles. The van der Waals surface area contributed by atoms with Gasteiger partial charge in [0.2, 0.25) is 0 Å². The number of nitrogens with zero attached hydrogens (tertiary/aromatic N) is 1. The second-order valence-corrected chi connectivity index (χ2v) is 5.16. The van der Waals surface area contributed by atoms with Crippen LogP contribution >= 0.6 is 0 Å². The van der Waals surface area contributed by atoms with Crippen molar-refractivity contribution in [2.45, 2.75) is 39.8 Å². The number of carboxylic acid groups (broad SMARTS) is 1. The van der Waals surface area contributed by atoms with E-state index < -0.39 is 5.97 Å². The quantitative estimate of drug-likeness (QED) is 0.918. The molecular weight excluding hydrogens is 270 g/mol. The van der Waals surface area contributed by atoms with Gasteiger partial charge in [-0.05, 0) is 39.0 Å². The minimum atomic E-state index is -0.948. The third-order valence-electron chi connectivity index (χ3n) is 3.19. The molecule has 0 aliphatic carbocycles. The van der Waals surface area contributed by atoms with Crippen LogP contribution in [0.5, 0.6) is 5.75 Å². The molecule has 21 heavy (non-hydrogen) atoms. The summed E-state index contributed by atoms with van der Waals surface area (Å²) in [6.45, 7) is 6.37. The normalized spacial score (nSPS) is 11.0. The molecule has 0 fully saturated rings. The Hall–Kier alpha value is -2.30. The average molecular weight is 289 g/mol. The van der Waals surface area contributed by atoms with Crippen molar-refractivity contribution in [2.24, 2.45) is 0 Å². The van der Waals surface area contributed by atoms with Crippen LogP contribution in [0.4, 0.5) is 0 Å². The lowest BCUT2D eigenvalue weighted by atomic mass is 10.1. The highest BCUT2D eigenvalue weighted by molar-refractivity contribution is 5.82. The summed E-state index contributed by atoms with van der Waals surface area (Å²) in [5, 5.41) is 9.50.